The van der Waals surface area contributed by atoms with Crippen LogP contribution in [0.1, 0.15) is 47.1 Å². The highest BCUT2D eigenvalue weighted by Gasteiger charge is 2.56. The molecule has 2 heterocycles. The summed E-state index contributed by atoms with van der Waals surface area (Å²) in [6.07, 6.45) is -2.63. The first-order chi connectivity index (χ1) is 17.3. The average molecular weight is 559 g/mol. The Labute approximate surface area is 224 Å². The minimum absolute atomic E-state index is 0.318. The maximum absolute atomic E-state index is 12.7. The Bertz CT molecular complexity index is 880. The van der Waals surface area contributed by atoms with Gasteiger partial charge in [-0.3, -0.25) is 9.09 Å². The standard InChI is InChI=1S/C27H47O8PSi/c1-17(2)37(18(3)4,19(5)6)35-25-24-22(32-27(26(25)30-8)34-36(9,10)28)16-31-23(33-24)15-20-11-13-21(29-7)14-12-20/h11-14,17-19,22-27H,15-16H2,1-10H3. The topological polar surface area (TPSA) is 81.7 Å². The second-order valence-corrected chi connectivity index (χ2v) is 19.5. The summed E-state index contributed by atoms with van der Waals surface area (Å²) < 4.78 is 56.0. The van der Waals surface area contributed by atoms with Crippen molar-refractivity contribution in [3.8, 4) is 5.75 Å². The van der Waals surface area contributed by atoms with E-state index in [-0.39, 0.29) is 0 Å². The van der Waals surface area contributed by atoms with Crippen LogP contribution in [0.3, 0.4) is 0 Å². The van der Waals surface area contributed by atoms with Gasteiger partial charge in [0.05, 0.1) is 13.7 Å². The van der Waals surface area contributed by atoms with Crippen LogP contribution in [0, 0.1) is 0 Å². The highest BCUT2D eigenvalue weighted by molar-refractivity contribution is 7.57. The van der Waals surface area contributed by atoms with E-state index in [4.69, 9.17) is 32.6 Å². The molecule has 10 heteroatoms. The van der Waals surface area contributed by atoms with E-state index >= 15 is 0 Å². The van der Waals surface area contributed by atoms with Crippen LogP contribution < -0.4 is 4.74 Å². The average Bonchev–Trinajstić information content (AvgIpc) is 2.81. The molecule has 2 aliphatic heterocycles. The Kier molecular flexibility index (Phi) is 10.5. The fourth-order valence-corrected chi connectivity index (χ4v) is 12.2. The molecule has 0 aliphatic carbocycles. The molecule has 1 aromatic rings. The van der Waals surface area contributed by atoms with Gasteiger partial charge in [-0.15, -0.1) is 0 Å². The van der Waals surface area contributed by atoms with Crippen LogP contribution in [0.2, 0.25) is 16.6 Å². The predicted molar refractivity (Wildman–Crippen MR) is 147 cm³/mol. The molecule has 37 heavy (non-hydrogen) atoms. The third-order valence-electron chi connectivity index (χ3n) is 7.59. The van der Waals surface area contributed by atoms with Crippen molar-refractivity contribution in [1.82, 2.24) is 0 Å². The molecule has 3 rings (SSSR count). The van der Waals surface area contributed by atoms with Crippen molar-refractivity contribution >= 4 is 15.7 Å². The van der Waals surface area contributed by atoms with E-state index in [1.165, 1.54) is 0 Å². The quantitative estimate of drug-likeness (QED) is 0.248. The molecule has 6 atom stereocenters. The first-order valence-corrected chi connectivity index (χ1v) is 18.0. The summed E-state index contributed by atoms with van der Waals surface area (Å²) in [6.45, 7) is 17.0. The molecule has 212 valence electrons. The van der Waals surface area contributed by atoms with Crippen LogP contribution in [-0.2, 0) is 38.9 Å². The molecule has 0 spiro atoms. The van der Waals surface area contributed by atoms with E-state index in [2.05, 4.69) is 41.5 Å². The third kappa shape index (κ3) is 7.06. The molecule has 0 N–H and O–H groups in total. The Morgan fingerprint density at radius 3 is 2.03 bits per heavy atom. The van der Waals surface area contributed by atoms with Crippen LogP contribution in [0.15, 0.2) is 24.3 Å². The highest BCUT2D eigenvalue weighted by atomic mass is 31.2. The van der Waals surface area contributed by atoms with E-state index in [0.29, 0.717) is 29.7 Å². The molecule has 6 unspecified atom stereocenters. The van der Waals surface area contributed by atoms with Gasteiger partial charge in [0.25, 0.3) is 0 Å². The molecule has 2 saturated heterocycles. The number of hydrogen-bond acceptors (Lipinski definition) is 8. The van der Waals surface area contributed by atoms with E-state index < -0.39 is 52.7 Å². The molecule has 0 aromatic heterocycles. The number of ether oxygens (including phenoxy) is 5. The predicted octanol–water partition coefficient (Wildman–Crippen LogP) is 5.83. The van der Waals surface area contributed by atoms with Crippen molar-refractivity contribution in [2.45, 2.75) is 102 Å². The number of rotatable bonds is 11. The maximum Gasteiger partial charge on any atom is 0.201 e. The van der Waals surface area contributed by atoms with E-state index in [9.17, 15) is 4.57 Å². The zero-order chi connectivity index (χ0) is 27.5. The molecule has 0 radical (unpaired) electrons. The lowest BCUT2D eigenvalue weighted by molar-refractivity contribution is -0.347. The van der Waals surface area contributed by atoms with Gasteiger partial charge in [-0.1, -0.05) is 53.7 Å². The van der Waals surface area contributed by atoms with Gasteiger partial charge in [-0.25, -0.2) is 0 Å². The van der Waals surface area contributed by atoms with Gasteiger partial charge in [0, 0.05) is 26.9 Å². The smallest absolute Gasteiger partial charge is 0.201 e. The highest BCUT2D eigenvalue weighted by Crippen LogP contribution is 2.48. The monoisotopic (exact) mass is 558 g/mol. The Balaban J connectivity index is 1.94. The first-order valence-electron chi connectivity index (χ1n) is 13.3. The zero-order valence-corrected chi connectivity index (χ0v) is 26.0. The van der Waals surface area contributed by atoms with Gasteiger partial charge in [0.1, 0.15) is 30.2 Å². The van der Waals surface area contributed by atoms with Gasteiger partial charge in [-0.05, 0) is 34.3 Å². The van der Waals surface area contributed by atoms with Crippen LogP contribution in [-0.4, -0.2) is 79.5 Å². The van der Waals surface area contributed by atoms with Crippen LogP contribution in [0.4, 0.5) is 0 Å². The summed E-state index contributed by atoms with van der Waals surface area (Å²) in [5, 5.41) is 0. The third-order valence-corrected chi connectivity index (χ3v) is 14.4. The molecule has 0 bridgehead atoms. The normalized spacial score (nSPS) is 29.1. The second-order valence-electron chi connectivity index (χ2n) is 11.4. The molecule has 0 saturated carbocycles. The van der Waals surface area contributed by atoms with E-state index in [1.54, 1.807) is 27.5 Å². The minimum atomic E-state index is -2.87. The van der Waals surface area contributed by atoms with Crippen molar-refractivity contribution in [3.63, 3.8) is 0 Å². The van der Waals surface area contributed by atoms with E-state index in [0.717, 1.165) is 11.3 Å². The summed E-state index contributed by atoms with van der Waals surface area (Å²) >= 11 is 0. The molecule has 2 fully saturated rings. The van der Waals surface area contributed by atoms with E-state index in [1.807, 2.05) is 24.3 Å². The Morgan fingerprint density at radius 1 is 0.946 bits per heavy atom. The Morgan fingerprint density at radius 2 is 1.54 bits per heavy atom. The van der Waals surface area contributed by atoms with Crippen molar-refractivity contribution < 1.29 is 37.2 Å². The summed E-state index contributed by atoms with van der Waals surface area (Å²) in [7, 11) is -1.94. The van der Waals surface area contributed by atoms with Crippen molar-refractivity contribution in [2.24, 2.45) is 0 Å². The lowest BCUT2D eigenvalue weighted by atomic mass is 9.98. The van der Waals surface area contributed by atoms with Crippen molar-refractivity contribution in [2.75, 3.05) is 34.2 Å². The van der Waals surface area contributed by atoms with Crippen LogP contribution >= 0.6 is 7.37 Å². The largest absolute Gasteiger partial charge is 0.497 e. The van der Waals surface area contributed by atoms with Crippen LogP contribution in [0.25, 0.3) is 0 Å². The lowest BCUT2D eigenvalue weighted by Crippen LogP contribution is -2.67. The summed E-state index contributed by atoms with van der Waals surface area (Å²) in [5.41, 5.74) is 2.17. The summed E-state index contributed by atoms with van der Waals surface area (Å²) in [4.78, 5) is 0. The van der Waals surface area contributed by atoms with Gasteiger partial charge >= 0.3 is 0 Å². The SMILES string of the molecule is COc1ccc(CC2OCC3OC(OP(C)(C)=O)C(OC)C(O[Si](C(C)C)(C(C)C)C(C)C)C3O2)cc1. The molecule has 0 amide bonds. The van der Waals surface area contributed by atoms with Crippen molar-refractivity contribution in [3.05, 3.63) is 29.8 Å². The fraction of sp³-hybridized carbons (Fsp3) is 0.778. The summed E-state index contributed by atoms with van der Waals surface area (Å²) in [5.74, 6) is 0.805. The van der Waals surface area contributed by atoms with Gasteiger partial charge < -0.3 is 28.1 Å². The lowest BCUT2D eigenvalue weighted by Gasteiger charge is -2.53. The zero-order valence-electron chi connectivity index (χ0n) is 24.1. The number of methoxy groups -OCH3 is 2. The van der Waals surface area contributed by atoms with Gasteiger partial charge in [0.15, 0.2) is 19.9 Å². The second kappa shape index (κ2) is 12.6. The Hall–Kier alpha value is -0.773. The molecule has 8 nitrogen and oxygen atoms in total. The molecular weight excluding hydrogens is 511 g/mol. The molecule has 2 aliphatic rings. The van der Waals surface area contributed by atoms with Gasteiger partial charge in [0.2, 0.25) is 8.32 Å². The first kappa shape index (κ1) is 30.8. The van der Waals surface area contributed by atoms with Crippen LogP contribution in [0.5, 0.6) is 5.75 Å². The fourth-order valence-electron chi connectivity index (χ4n) is 6.02. The van der Waals surface area contributed by atoms with Crippen molar-refractivity contribution in [1.29, 1.82) is 0 Å². The molecule has 1 aromatic carbocycles. The summed E-state index contributed by atoms with van der Waals surface area (Å²) in [6, 6.07) is 7.89. The molecular formula is C27H47O8PSi. The number of fused-ring (bicyclic) bond motifs is 1. The van der Waals surface area contributed by atoms with Gasteiger partial charge in [-0.2, -0.15) is 0 Å². The minimum Gasteiger partial charge on any atom is -0.497 e. The number of benzene rings is 1. The maximum atomic E-state index is 12.7. The number of hydrogen-bond donors (Lipinski definition) is 0.